The van der Waals surface area contributed by atoms with Crippen molar-refractivity contribution in [3.05, 3.63) is 23.2 Å². The molecule has 2 heterocycles. The van der Waals surface area contributed by atoms with Gasteiger partial charge in [-0.15, -0.1) is 0 Å². The maximum Gasteiger partial charge on any atom is 0.274 e. The Morgan fingerprint density at radius 2 is 2.00 bits per heavy atom. The van der Waals surface area contributed by atoms with Gasteiger partial charge in [0.1, 0.15) is 10.8 Å². The molecule has 0 N–H and O–H groups in total. The second kappa shape index (κ2) is 6.11. The average molecular weight is 269 g/mol. The molecule has 2 rings (SSSR count). The Kier molecular flexibility index (Phi) is 4.49. The molecular weight excluding hydrogens is 252 g/mol. The number of halogens is 1. The standard InChI is InChI=1S/C12H17ClN4O/c1-2-3-16-4-6-17(7-5-16)12(18)10-8-15-11(13)9-14-10/h8-9H,2-7H2,1H3. The lowest BCUT2D eigenvalue weighted by atomic mass is 10.2. The minimum atomic E-state index is -0.0599. The van der Waals surface area contributed by atoms with Gasteiger partial charge < -0.3 is 4.90 Å². The van der Waals surface area contributed by atoms with Crippen LogP contribution >= 0.6 is 11.6 Å². The molecule has 1 aromatic rings. The Morgan fingerprint density at radius 1 is 1.28 bits per heavy atom. The van der Waals surface area contributed by atoms with Crippen LogP contribution in [0.5, 0.6) is 0 Å². The minimum absolute atomic E-state index is 0.0599. The van der Waals surface area contributed by atoms with Gasteiger partial charge in [-0.3, -0.25) is 9.69 Å². The van der Waals surface area contributed by atoms with Crippen LogP contribution in [0.25, 0.3) is 0 Å². The molecule has 18 heavy (non-hydrogen) atoms. The Hall–Kier alpha value is -1.20. The topological polar surface area (TPSA) is 49.3 Å². The first-order valence-corrected chi connectivity index (χ1v) is 6.57. The number of carbonyl (C=O) groups excluding carboxylic acids is 1. The SMILES string of the molecule is CCCN1CCN(C(=O)c2cnc(Cl)cn2)CC1. The Bertz CT molecular complexity index is 401. The van der Waals surface area contributed by atoms with Crippen LogP contribution in [0.1, 0.15) is 23.8 Å². The summed E-state index contributed by atoms with van der Waals surface area (Å²) in [4.78, 5) is 24.2. The van der Waals surface area contributed by atoms with Crippen molar-refractivity contribution < 1.29 is 4.79 Å². The molecule has 1 aromatic heterocycles. The fourth-order valence-corrected chi connectivity index (χ4v) is 2.17. The molecule has 1 amide bonds. The van der Waals surface area contributed by atoms with Crippen molar-refractivity contribution in [1.29, 1.82) is 0 Å². The highest BCUT2D eigenvalue weighted by Crippen LogP contribution is 2.08. The molecule has 1 fully saturated rings. The Balaban J connectivity index is 1.93. The van der Waals surface area contributed by atoms with Gasteiger partial charge in [0.15, 0.2) is 0 Å². The number of hydrogen-bond acceptors (Lipinski definition) is 4. The largest absolute Gasteiger partial charge is 0.335 e. The smallest absolute Gasteiger partial charge is 0.274 e. The normalized spacial score (nSPS) is 16.9. The Morgan fingerprint density at radius 3 is 2.56 bits per heavy atom. The summed E-state index contributed by atoms with van der Waals surface area (Å²) in [6.07, 6.45) is 3.99. The highest BCUT2D eigenvalue weighted by molar-refractivity contribution is 6.29. The monoisotopic (exact) mass is 268 g/mol. The molecular formula is C12H17ClN4O. The van der Waals surface area contributed by atoms with Crippen LogP contribution in [0.4, 0.5) is 0 Å². The molecule has 1 saturated heterocycles. The van der Waals surface area contributed by atoms with Crippen molar-refractivity contribution in [2.45, 2.75) is 13.3 Å². The van der Waals surface area contributed by atoms with Gasteiger partial charge in [-0.05, 0) is 13.0 Å². The first-order chi connectivity index (χ1) is 8.70. The Labute approximate surface area is 112 Å². The highest BCUT2D eigenvalue weighted by Gasteiger charge is 2.22. The van der Waals surface area contributed by atoms with Crippen molar-refractivity contribution >= 4 is 17.5 Å². The van der Waals surface area contributed by atoms with Crippen LogP contribution < -0.4 is 0 Å². The molecule has 1 aliphatic rings. The summed E-state index contributed by atoms with van der Waals surface area (Å²) in [5.41, 5.74) is 0.364. The van der Waals surface area contributed by atoms with E-state index in [4.69, 9.17) is 11.6 Å². The van der Waals surface area contributed by atoms with Gasteiger partial charge in [-0.1, -0.05) is 18.5 Å². The molecule has 0 spiro atoms. The number of hydrogen-bond donors (Lipinski definition) is 0. The van der Waals surface area contributed by atoms with Crippen molar-refractivity contribution in [2.24, 2.45) is 0 Å². The maximum absolute atomic E-state index is 12.1. The predicted octanol–water partition coefficient (Wildman–Crippen LogP) is 1.30. The van der Waals surface area contributed by atoms with Gasteiger partial charge in [0, 0.05) is 26.2 Å². The number of rotatable bonds is 3. The van der Waals surface area contributed by atoms with E-state index in [-0.39, 0.29) is 5.91 Å². The third kappa shape index (κ3) is 3.17. The molecule has 0 radical (unpaired) electrons. The molecule has 0 aromatic carbocycles. The molecule has 5 nitrogen and oxygen atoms in total. The highest BCUT2D eigenvalue weighted by atomic mass is 35.5. The van der Waals surface area contributed by atoms with E-state index in [2.05, 4.69) is 21.8 Å². The van der Waals surface area contributed by atoms with Gasteiger partial charge in [-0.2, -0.15) is 0 Å². The van der Waals surface area contributed by atoms with E-state index in [9.17, 15) is 4.79 Å². The molecule has 0 saturated carbocycles. The molecule has 0 unspecified atom stereocenters. The lowest BCUT2D eigenvalue weighted by Gasteiger charge is -2.34. The zero-order valence-electron chi connectivity index (χ0n) is 10.5. The van der Waals surface area contributed by atoms with Crippen molar-refractivity contribution in [3.8, 4) is 0 Å². The summed E-state index contributed by atoms with van der Waals surface area (Å²) in [6, 6.07) is 0. The molecule has 98 valence electrons. The van der Waals surface area contributed by atoms with Crippen LogP contribution in [-0.4, -0.2) is 58.4 Å². The lowest BCUT2D eigenvalue weighted by Crippen LogP contribution is -2.48. The molecule has 0 bridgehead atoms. The van der Waals surface area contributed by atoms with Crippen LogP contribution in [0.3, 0.4) is 0 Å². The number of nitrogens with zero attached hydrogens (tertiary/aromatic N) is 4. The summed E-state index contributed by atoms with van der Waals surface area (Å²) < 4.78 is 0. The third-order valence-corrected chi connectivity index (χ3v) is 3.23. The van der Waals surface area contributed by atoms with Crippen LogP contribution in [0, 0.1) is 0 Å². The average Bonchev–Trinajstić information content (AvgIpc) is 2.40. The van der Waals surface area contributed by atoms with E-state index in [1.807, 2.05) is 4.90 Å². The van der Waals surface area contributed by atoms with E-state index in [0.717, 1.165) is 39.1 Å². The van der Waals surface area contributed by atoms with Crippen molar-refractivity contribution in [2.75, 3.05) is 32.7 Å². The second-order valence-corrected chi connectivity index (χ2v) is 4.75. The minimum Gasteiger partial charge on any atom is -0.335 e. The number of carbonyl (C=O) groups is 1. The predicted molar refractivity (Wildman–Crippen MR) is 69.7 cm³/mol. The molecule has 1 aliphatic heterocycles. The second-order valence-electron chi connectivity index (χ2n) is 4.36. The summed E-state index contributed by atoms with van der Waals surface area (Å²) >= 11 is 5.65. The number of aromatic nitrogens is 2. The molecule has 0 atom stereocenters. The fraction of sp³-hybridized carbons (Fsp3) is 0.583. The maximum atomic E-state index is 12.1. The van der Waals surface area contributed by atoms with Gasteiger partial charge in [0.2, 0.25) is 0 Å². The van der Waals surface area contributed by atoms with E-state index in [1.165, 1.54) is 12.4 Å². The summed E-state index contributed by atoms with van der Waals surface area (Å²) in [6.45, 7) is 6.64. The van der Waals surface area contributed by atoms with Crippen LogP contribution in [-0.2, 0) is 0 Å². The first kappa shape index (κ1) is 13.2. The lowest BCUT2D eigenvalue weighted by molar-refractivity contribution is 0.0631. The summed E-state index contributed by atoms with van der Waals surface area (Å²) in [7, 11) is 0. The molecule has 6 heteroatoms. The third-order valence-electron chi connectivity index (χ3n) is 3.04. The quantitative estimate of drug-likeness (QED) is 0.829. The first-order valence-electron chi connectivity index (χ1n) is 6.20. The van der Waals surface area contributed by atoms with Crippen molar-refractivity contribution in [1.82, 2.24) is 19.8 Å². The van der Waals surface area contributed by atoms with Gasteiger partial charge in [0.05, 0.1) is 12.4 Å². The van der Waals surface area contributed by atoms with E-state index in [1.54, 1.807) is 0 Å². The number of amides is 1. The van der Waals surface area contributed by atoms with E-state index < -0.39 is 0 Å². The summed E-state index contributed by atoms with van der Waals surface area (Å²) in [5.74, 6) is -0.0599. The van der Waals surface area contributed by atoms with Crippen molar-refractivity contribution in [3.63, 3.8) is 0 Å². The zero-order chi connectivity index (χ0) is 13.0. The molecule has 0 aliphatic carbocycles. The van der Waals surface area contributed by atoms with Gasteiger partial charge >= 0.3 is 0 Å². The van der Waals surface area contributed by atoms with E-state index >= 15 is 0 Å². The fourth-order valence-electron chi connectivity index (χ4n) is 2.08. The number of piperazine rings is 1. The van der Waals surface area contributed by atoms with Crippen LogP contribution in [0.15, 0.2) is 12.4 Å². The summed E-state index contributed by atoms with van der Waals surface area (Å²) in [5, 5.41) is 0.305. The van der Waals surface area contributed by atoms with Gasteiger partial charge in [-0.25, -0.2) is 9.97 Å². The van der Waals surface area contributed by atoms with Gasteiger partial charge in [0.25, 0.3) is 5.91 Å². The van der Waals surface area contributed by atoms with E-state index in [0.29, 0.717) is 10.8 Å². The van der Waals surface area contributed by atoms with Crippen LogP contribution in [0.2, 0.25) is 5.15 Å². The zero-order valence-corrected chi connectivity index (χ0v) is 11.2.